The molecule has 0 aromatic heterocycles. The number of carbonyl (C=O) groups excluding carboxylic acids is 1. The zero-order chi connectivity index (χ0) is 11.4. The molecule has 0 aromatic carbocycles. The molecular weight excluding hydrogens is 202 g/mol. The van der Waals surface area contributed by atoms with Gasteiger partial charge in [0, 0.05) is 24.5 Å². The first kappa shape index (κ1) is 11.9. The summed E-state index contributed by atoms with van der Waals surface area (Å²) >= 11 is 0. The van der Waals surface area contributed by atoms with Crippen molar-refractivity contribution < 1.29 is 4.79 Å². The molecule has 4 N–H and O–H groups in total. The molecular formula is C12H23N3O. The van der Waals surface area contributed by atoms with Crippen LogP contribution in [0.2, 0.25) is 0 Å². The zero-order valence-electron chi connectivity index (χ0n) is 9.87. The third-order valence-corrected chi connectivity index (χ3v) is 3.94. The smallest absolute Gasteiger partial charge is 0.220 e. The zero-order valence-corrected chi connectivity index (χ0v) is 9.87. The van der Waals surface area contributed by atoms with Crippen LogP contribution in [0.5, 0.6) is 0 Å². The third-order valence-electron chi connectivity index (χ3n) is 3.94. The lowest BCUT2D eigenvalue weighted by Crippen LogP contribution is -2.42. The number of nitrogens with one attached hydrogen (secondary N) is 2. The van der Waals surface area contributed by atoms with Gasteiger partial charge in [-0.3, -0.25) is 4.79 Å². The molecule has 1 unspecified atom stereocenters. The van der Waals surface area contributed by atoms with Crippen LogP contribution < -0.4 is 16.4 Å². The van der Waals surface area contributed by atoms with E-state index in [4.69, 9.17) is 5.73 Å². The van der Waals surface area contributed by atoms with E-state index in [1.165, 1.54) is 19.4 Å². The van der Waals surface area contributed by atoms with Crippen molar-refractivity contribution in [1.82, 2.24) is 10.6 Å². The van der Waals surface area contributed by atoms with Crippen molar-refractivity contribution in [3.05, 3.63) is 0 Å². The SMILES string of the molecule is NC(=O)C1CCC(NCC2CCCN2)CC1. The Morgan fingerprint density at radius 2 is 2.00 bits per heavy atom. The third kappa shape index (κ3) is 3.19. The van der Waals surface area contributed by atoms with E-state index in [0.29, 0.717) is 12.1 Å². The van der Waals surface area contributed by atoms with E-state index in [1.54, 1.807) is 0 Å². The fourth-order valence-corrected chi connectivity index (χ4v) is 2.82. The average Bonchev–Trinajstić information content (AvgIpc) is 2.80. The van der Waals surface area contributed by atoms with Gasteiger partial charge in [-0.05, 0) is 45.1 Å². The molecule has 0 radical (unpaired) electrons. The van der Waals surface area contributed by atoms with E-state index < -0.39 is 0 Å². The lowest BCUT2D eigenvalue weighted by atomic mass is 9.85. The fraction of sp³-hybridized carbons (Fsp3) is 0.917. The molecule has 1 aliphatic heterocycles. The summed E-state index contributed by atoms with van der Waals surface area (Å²) in [5, 5.41) is 7.09. The topological polar surface area (TPSA) is 67.2 Å². The largest absolute Gasteiger partial charge is 0.369 e. The van der Waals surface area contributed by atoms with Gasteiger partial charge in [0.25, 0.3) is 0 Å². The highest BCUT2D eigenvalue weighted by Crippen LogP contribution is 2.23. The molecule has 0 bridgehead atoms. The van der Waals surface area contributed by atoms with Crippen LogP contribution in [0.25, 0.3) is 0 Å². The van der Waals surface area contributed by atoms with Crippen LogP contribution in [0.3, 0.4) is 0 Å². The molecule has 1 aliphatic carbocycles. The molecule has 1 heterocycles. The van der Waals surface area contributed by atoms with Gasteiger partial charge in [0.1, 0.15) is 0 Å². The van der Waals surface area contributed by atoms with Gasteiger partial charge in [0.15, 0.2) is 0 Å². The second kappa shape index (κ2) is 5.64. The minimum atomic E-state index is -0.115. The molecule has 92 valence electrons. The highest BCUT2D eigenvalue weighted by Gasteiger charge is 2.25. The average molecular weight is 225 g/mol. The van der Waals surface area contributed by atoms with Crippen molar-refractivity contribution in [3.8, 4) is 0 Å². The van der Waals surface area contributed by atoms with Crippen molar-refractivity contribution in [2.75, 3.05) is 13.1 Å². The maximum absolute atomic E-state index is 11.0. The lowest BCUT2D eigenvalue weighted by molar-refractivity contribution is -0.122. The fourth-order valence-electron chi connectivity index (χ4n) is 2.82. The maximum atomic E-state index is 11.0. The van der Waals surface area contributed by atoms with Gasteiger partial charge < -0.3 is 16.4 Å². The van der Waals surface area contributed by atoms with E-state index in [2.05, 4.69) is 10.6 Å². The van der Waals surface area contributed by atoms with Gasteiger partial charge in [0.2, 0.25) is 5.91 Å². The number of nitrogens with two attached hydrogens (primary N) is 1. The highest BCUT2D eigenvalue weighted by atomic mass is 16.1. The molecule has 2 aliphatic rings. The van der Waals surface area contributed by atoms with E-state index in [9.17, 15) is 4.79 Å². The second-order valence-electron chi connectivity index (χ2n) is 5.15. The number of primary amides is 1. The molecule has 4 heteroatoms. The molecule has 1 atom stereocenters. The molecule has 1 amide bonds. The van der Waals surface area contributed by atoms with Crippen LogP contribution in [0.1, 0.15) is 38.5 Å². The van der Waals surface area contributed by atoms with Crippen molar-refractivity contribution in [2.24, 2.45) is 11.7 Å². The lowest BCUT2D eigenvalue weighted by Gasteiger charge is -2.28. The quantitative estimate of drug-likeness (QED) is 0.647. The first-order valence-electron chi connectivity index (χ1n) is 6.52. The summed E-state index contributed by atoms with van der Waals surface area (Å²) in [6.45, 7) is 2.24. The van der Waals surface area contributed by atoms with Gasteiger partial charge in [-0.2, -0.15) is 0 Å². The van der Waals surface area contributed by atoms with Crippen molar-refractivity contribution in [1.29, 1.82) is 0 Å². The van der Waals surface area contributed by atoms with Gasteiger partial charge >= 0.3 is 0 Å². The Kier molecular flexibility index (Phi) is 4.18. The Balaban J connectivity index is 1.63. The van der Waals surface area contributed by atoms with Crippen LogP contribution in [0.15, 0.2) is 0 Å². The number of amides is 1. The number of hydrogen-bond donors (Lipinski definition) is 3. The van der Waals surface area contributed by atoms with Gasteiger partial charge in [-0.25, -0.2) is 0 Å². The Hall–Kier alpha value is -0.610. The molecule has 0 aromatic rings. The van der Waals surface area contributed by atoms with E-state index >= 15 is 0 Å². The molecule has 2 rings (SSSR count). The summed E-state index contributed by atoms with van der Waals surface area (Å²) in [6, 6.07) is 1.26. The Morgan fingerprint density at radius 3 is 2.56 bits per heavy atom. The van der Waals surface area contributed by atoms with Gasteiger partial charge in [-0.1, -0.05) is 0 Å². The molecule has 1 saturated heterocycles. The number of rotatable bonds is 4. The normalized spacial score (nSPS) is 35.1. The Morgan fingerprint density at radius 1 is 1.25 bits per heavy atom. The summed E-state index contributed by atoms with van der Waals surface area (Å²) in [7, 11) is 0. The van der Waals surface area contributed by atoms with Crippen molar-refractivity contribution in [2.45, 2.75) is 50.6 Å². The summed E-state index contributed by atoms with van der Waals surface area (Å²) in [6.07, 6.45) is 6.72. The number of carbonyl (C=O) groups is 1. The standard InChI is InChI=1S/C12H23N3O/c13-12(16)9-3-5-10(6-4-9)15-8-11-2-1-7-14-11/h9-11,14-15H,1-8H2,(H2,13,16). The first-order valence-corrected chi connectivity index (χ1v) is 6.52. The predicted molar refractivity (Wildman–Crippen MR) is 64.0 cm³/mol. The Bertz CT molecular complexity index is 230. The maximum Gasteiger partial charge on any atom is 0.220 e. The van der Waals surface area contributed by atoms with Crippen molar-refractivity contribution >= 4 is 5.91 Å². The van der Waals surface area contributed by atoms with Crippen molar-refractivity contribution in [3.63, 3.8) is 0 Å². The minimum Gasteiger partial charge on any atom is -0.369 e. The predicted octanol–water partition coefficient (Wildman–Crippen LogP) is 0.372. The van der Waals surface area contributed by atoms with Crippen LogP contribution in [0.4, 0.5) is 0 Å². The van der Waals surface area contributed by atoms with E-state index in [-0.39, 0.29) is 11.8 Å². The van der Waals surface area contributed by atoms with Crippen LogP contribution in [0, 0.1) is 5.92 Å². The second-order valence-corrected chi connectivity index (χ2v) is 5.15. The Labute approximate surface area is 97.3 Å². The number of hydrogen-bond acceptors (Lipinski definition) is 3. The summed E-state index contributed by atoms with van der Waals surface area (Å²) in [5.41, 5.74) is 5.32. The van der Waals surface area contributed by atoms with Crippen LogP contribution in [-0.4, -0.2) is 31.1 Å². The van der Waals surface area contributed by atoms with Crippen LogP contribution >= 0.6 is 0 Å². The summed E-state index contributed by atoms with van der Waals surface area (Å²) < 4.78 is 0. The van der Waals surface area contributed by atoms with E-state index in [1.807, 2.05) is 0 Å². The molecule has 4 nitrogen and oxygen atoms in total. The molecule has 1 saturated carbocycles. The van der Waals surface area contributed by atoms with Gasteiger partial charge in [0.05, 0.1) is 0 Å². The van der Waals surface area contributed by atoms with E-state index in [0.717, 1.165) is 32.2 Å². The van der Waals surface area contributed by atoms with Gasteiger partial charge in [-0.15, -0.1) is 0 Å². The molecule has 2 fully saturated rings. The highest BCUT2D eigenvalue weighted by molar-refractivity contribution is 5.76. The summed E-state index contributed by atoms with van der Waals surface area (Å²) in [4.78, 5) is 11.0. The molecule has 0 spiro atoms. The monoisotopic (exact) mass is 225 g/mol. The summed E-state index contributed by atoms with van der Waals surface area (Å²) in [5.74, 6) is 0.0126. The minimum absolute atomic E-state index is 0.115. The molecule has 16 heavy (non-hydrogen) atoms. The van der Waals surface area contributed by atoms with Crippen LogP contribution in [-0.2, 0) is 4.79 Å². The first-order chi connectivity index (χ1) is 7.75.